The fourth-order valence-electron chi connectivity index (χ4n) is 8.34. The van der Waals surface area contributed by atoms with Crippen LogP contribution in [0.1, 0.15) is 74.8 Å². The van der Waals surface area contributed by atoms with Crippen LogP contribution in [-0.2, 0) is 25.6 Å². The average Bonchev–Trinajstić information content (AvgIpc) is 4.08. The lowest BCUT2D eigenvalue weighted by atomic mass is 9.88. The molecule has 0 spiro atoms. The predicted octanol–water partition coefficient (Wildman–Crippen LogP) is 6.99. The average molecular weight is 748 g/mol. The molecule has 3 amide bonds. The molecule has 0 radical (unpaired) electrons. The van der Waals surface area contributed by atoms with Crippen molar-refractivity contribution in [1.82, 2.24) is 35.5 Å². The Morgan fingerprint density at radius 1 is 0.909 bits per heavy atom. The number of hydrogen-bond donors (Lipinski definition) is 4. The summed E-state index contributed by atoms with van der Waals surface area (Å²) in [6.07, 6.45) is 11.9. The lowest BCUT2D eigenvalue weighted by Crippen LogP contribution is -2.54. The molecule has 13 heteroatoms. The third-order valence-corrected chi connectivity index (χ3v) is 11.4. The zero-order chi connectivity index (χ0) is 38.3. The third-order valence-electron chi connectivity index (χ3n) is 11.4. The van der Waals surface area contributed by atoms with Crippen molar-refractivity contribution in [2.75, 3.05) is 20.8 Å². The van der Waals surface area contributed by atoms with E-state index >= 15 is 0 Å². The Morgan fingerprint density at radius 2 is 1.56 bits per heavy atom. The highest BCUT2D eigenvalue weighted by atomic mass is 16.5. The van der Waals surface area contributed by atoms with E-state index in [4.69, 9.17) is 18.9 Å². The van der Waals surface area contributed by atoms with E-state index in [0.29, 0.717) is 25.4 Å². The van der Waals surface area contributed by atoms with Crippen molar-refractivity contribution in [3.8, 4) is 33.6 Å². The normalized spacial score (nSPS) is 21.0. The van der Waals surface area contributed by atoms with E-state index < -0.39 is 18.2 Å². The van der Waals surface area contributed by atoms with Gasteiger partial charge in [-0.05, 0) is 85.3 Å². The Kier molecular flexibility index (Phi) is 11.8. The molecule has 1 saturated heterocycles. The zero-order valence-electron chi connectivity index (χ0n) is 31.5. The molecule has 288 valence electrons. The van der Waals surface area contributed by atoms with Crippen LogP contribution in [0.3, 0.4) is 0 Å². The van der Waals surface area contributed by atoms with Crippen LogP contribution in [0, 0.1) is 11.8 Å². The number of likely N-dealkylation sites (tertiary alicyclic amines) is 1. The molecule has 2 aliphatic carbocycles. The van der Waals surface area contributed by atoms with Gasteiger partial charge in [-0.3, -0.25) is 9.59 Å². The Bertz CT molecular complexity index is 2020. The van der Waals surface area contributed by atoms with E-state index in [1.54, 1.807) is 30.2 Å². The number of aromatic amines is 2. The summed E-state index contributed by atoms with van der Waals surface area (Å²) in [7, 11) is 2.79. The van der Waals surface area contributed by atoms with Crippen molar-refractivity contribution in [1.29, 1.82) is 0 Å². The van der Waals surface area contributed by atoms with Crippen LogP contribution < -0.4 is 10.6 Å². The fourth-order valence-corrected chi connectivity index (χ4v) is 8.34. The van der Waals surface area contributed by atoms with Crippen LogP contribution in [0.25, 0.3) is 33.6 Å². The van der Waals surface area contributed by atoms with Gasteiger partial charge in [0.2, 0.25) is 12.3 Å². The third kappa shape index (κ3) is 8.51. The molecule has 4 heterocycles. The van der Waals surface area contributed by atoms with Crippen LogP contribution in [0.5, 0.6) is 0 Å². The number of nitrogens with one attached hydrogen (secondary N) is 4. The Labute approximate surface area is 320 Å². The highest BCUT2D eigenvalue weighted by molar-refractivity contribution is 5.87. The summed E-state index contributed by atoms with van der Waals surface area (Å²) >= 11 is 0. The maximum atomic E-state index is 13.5. The number of fused-ring (bicyclic) bond motifs is 2. The second-order valence-electron chi connectivity index (χ2n) is 14.6. The summed E-state index contributed by atoms with van der Waals surface area (Å²) in [6, 6.07) is 19.6. The first-order valence-corrected chi connectivity index (χ1v) is 19.0. The Morgan fingerprint density at radius 3 is 2.13 bits per heavy atom. The van der Waals surface area contributed by atoms with Crippen molar-refractivity contribution in [3.05, 3.63) is 96.7 Å². The summed E-state index contributed by atoms with van der Waals surface area (Å²) in [5.74, 6) is 4.75. The molecule has 2 saturated carbocycles. The van der Waals surface area contributed by atoms with E-state index in [0.717, 1.165) is 75.7 Å². The lowest BCUT2D eigenvalue weighted by molar-refractivity contribution is -0.137. The van der Waals surface area contributed by atoms with E-state index in [-0.39, 0.29) is 11.9 Å². The van der Waals surface area contributed by atoms with E-state index in [9.17, 15) is 14.4 Å². The van der Waals surface area contributed by atoms with E-state index in [2.05, 4.69) is 74.1 Å². The van der Waals surface area contributed by atoms with Crippen LogP contribution in [-0.4, -0.2) is 76.2 Å². The molecule has 55 heavy (non-hydrogen) atoms. The standard InChI is InChI=1S/C36H42N6O4.C6H7NO2/c1-21(45-2)32(41-36(44)46-3)35(43)42-16-4-5-31(42)34-38-20-30(40-34)26-14-10-24(11-15-26)23-8-12-25(13-9-23)29-19-37-33(39-29)28-18-22-6-7-27(28)17-22;8-5-7-4-6-2-1-3-9-6/h8-15,19-22,27-28,31-32H,4-7,16-18H2,1-3H3,(H,37,39)(H,38,40)(H,41,44);1-3,5H,4H2,(H,7,8). The Hall–Kier alpha value is -5.69. The number of furan rings is 1. The van der Waals surface area contributed by atoms with Gasteiger partial charge >= 0.3 is 6.09 Å². The summed E-state index contributed by atoms with van der Waals surface area (Å²) < 4.78 is 15.0. The number of H-pyrrole nitrogens is 2. The topological polar surface area (TPSA) is 167 Å². The minimum Gasteiger partial charge on any atom is -0.467 e. The molecule has 8 rings (SSSR count). The Balaban J connectivity index is 0.000000455. The van der Waals surface area contributed by atoms with Gasteiger partial charge in [-0.25, -0.2) is 14.8 Å². The van der Waals surface area contributed by atoms with Gasteiger partial charge in [-0.1, -0.05) is 55.0 Å². The zero-order valence-corrected chi connectivity index (χ0v) is 31.5. The molecule has 6 atom stereocenters. The van der Waals surface area contributed by atoms with Crippen molar-refractivity contribution in [2.24, 2.45) is 11.8 Å². The maximum Gasteiger partial charge on any atom is 0.407 e. The number of nitrogens with zero attached hydrogens (tertiary/aromatic N) is 3. The lowest BCUT2D eigenvalue weighted by Gasteiger charge is -2.30. The highest BCUT2D eigenvalue weighted by Crippen LogP contribution is 2.52. The van der Waals surface area contributed by atoms with Crippen LogP contribution in [0.4, 0.5) is 4.79 Å². The molecular weight excluding hydrogens is 699 g/mol. The number of alkyl carbamates (subject to hydrolysis) is 1. The number of aromatic nitrogens is 4. The highest BCUT2D eigenvalue weighted by Gasteiger charge is 2.42. The summed E-state index contributed by atoms with van der Waals surface area (Å²) in [6.45, 7) is 2.79. The van der Waals surface area contributed by atoms with Gasteiger partial charge in [0.1, 0.15) is 23.5 Å². The van der Waals surface area contributed by atoms with Gasteiger partial charge in [0.05, 0.1) is 55.8 Å². The van der Waals surface area contributed by atoms with Crippen molar-refractivity contribution in [3.63, 3.8) is 0 Å². The monoisotopic (exact) mass is 747 g/mol. The molecule has 3 aliphatic rings. The second kappa shape index (κ2) is 17.2. The summed E-state index contributed by atoms with van der Waals surface area (Å²) in [4.78, 5) is 53.5. The molecule has 2 bridgehead atoms. The van der Waals surface area contributed by atoms with E-state index in [1.165, 1.54) is 39.9 Å². The molecular formula is C42H49N7O6. The summed E-state index contributed by atoms with van der Waals surface area (Å²) in [5, 5.41) is 5.11. The second-order valence-corrected chi connectivity index (χ2v) is 14.6. The molecule has 5 aromatic rings. The SMILES string of the molecule is COC(=O)NC(C(=O)N1CCCC1c1ncc(-c2ccc(-c3ccc(-c4cnc(C5CC6CCC5C6)[nH]4)cc3)cc2)[nH]1)C(C)OC.O=CNCc1ccco1. The van der Waals surface area contributed by atoms with Gasteiger partial charge in [0.15, 0.2) is 0 Å². The first kappa shape index (κ1) is 37.6. The first-order valence-electron chi connectivity index (χ1n) is 19.0. The number of carbonyl (C=O) groups excluding carboxylic acids is 3. The van der Waals surface area contributed by atoms with Crippen molar-refractivity contribution >= 4 is 18.4 Å². The summed E-state index contributed by atoms with van der Waals surface area (Å²) in [5.41, 5.74) is 6.41. The molecule has 13 nitrogen and oxygen atoms in total. The van der Waals surface area contributed by atoms with Gasteiger partial charge < -0.3 is 39.4 Å². The molecule has 6 unspecified atom stereocenters. The van der Waals surface area contributed by atoms with Crippen molar-refractivity contribution < 1.29 is 28.3 Å². The quantitative estimate of drug-likeness (QED) is 0.0992. The van der Waals surface area contributed by atoms with Crippen molar-refractivity contribution in [2.45, 2.75) is 76.1 Å². The number of methoxy groups -OCH3 is 2. The number of amides is 3. The number of hydrogen-bond acceptors (Lipinski definition) is 8. The number of rotatable bonds is 12. The van der Waals surface area contributed by atoms with E-state index in [1.807, 2.05) is 12.4 Å². The molecule has 3 fully saturated rings. The van der Waals surface area contributed by atoms with Crippen LogP contribution in [0.2, 0.25) is 0 Å². The molecule has 4 N–H and O–H groups in total. The van der Waals surface area contributed by atoms with Gasteiger partial charge in [-0.2, -0.15) is 0 Å². The van der Waals surface area contributed by atoms with Gasteiger partial charge in [0, 0.05) is 19.6 Å². The minimum atomic E-state index is -0.863. The molecule has 1 aliphatic heterocycles. The maximum absolute atomic E-state index is 13.5. The van der Waals surface area contributed by atoms with Crippen LogP contribution in [0.15, 0.2) is 83.7 Å². The number of imidazole rings is 2. The van der Waals surface area contributed by atoms with Gasteiger partial charge in [0.25, 0.3) is 0 Å². The van der Waals surface area contributed by atoms with Gasteiger partial charge in [-0.15, -0.1) is 0 Å². The fraction of sp³-hybridized carbons (Fsp3) is 0.405. The largest absolute Gasteiger partial charge is 0.467 e. The predicted molar refractivity (Wildman–Crippen MR) is 206 cm³/mol. The number of ether oxygens (including phenoxy) is 2. The molecule has 3 aromatic heterocycles. The number of benzene rings is 2. The first-order chi connectivity index (χ1) is 26.8. The van der Waals surface area contributed by atoms with Crippen LogP contribution >= 0.6 is 0 Å². The number of carbonyl (C=O) groups is 3. The smallest absolute Gasteiger partial charge is 0.407 e. The minimum absolute atomic E-state index is 0.218. The molecule has 2 aromatic carbocycles.